The molecule has 0 aliphatic heterocycles. The molecule has 0 aromatic heterocycles. The van der Waals surface area contributed by atoms with Gasteiger partial charge in [0.2, 0.25) is 0 Å². The Kier molecular flexibility index (Phi) is 4.12. The lowest BCUT2D eigenvalue weighted by Gasteiger charge is -2.28. The molecule has 0 amide bonds. The summed E-state index contributed by atoms with van der Waals surface area (Å²) < 4.78 is 5.48. The van der Waals surface area contributed by atoms with E-state index in [9.17, 15) is 5.11 Å². The highest BCUT2D eigenvalue weighted by atomic mass is 16.5. The number of rotatable bonds is 3. The number of benzene rings is 1. The van der Waals surface area contributed by atoms with Crippen molar-refractivity contribution in [3.05, 3.63) is 23.3 Å². The van der Waals surface area contributed by atoms with Crippen LogP contribution in [0.4, 0.5) is 5.69 Å². The highest BCUT2D eigenvalue weighted by Gasteiger charge is 2.20. The molecule has 1 aliphatic rings. The van der Waals surface area contributed by atoms with E-state index in [1.807, 2.05) is 0 Å². The van der Waals surface area contributed by atoms with Crippen LogP contribution in [0.2, 0.25) is 0 Å². The molecule has 100 valence electrons. The normalized spacial score (nSPS) is 23.8. The Morgan fingerprint density at radius 1 is 1.17 bits per heavy atom. The first-order chi connectivity index (χ1) is 8.60. The minimum absolute atomic E-state index is 0.107. The van der Waals surface area contributed by atoms with Gasteiger partial charge in [0, 0.05) is 6.04 Å². The second-order valence-electron chi connectivity index (χ2n) is 5.31. The summed E-state index contributed by atoms with van der Waals surface area (Å²) in [7, 11) is 1.72. The van der Waals surface area contributed by atoms with Crippen LogP contribution >= 0.6 is 0 Å². The van der Waals surface area contributed by atoms with Gasteiger partial charge >= 0.3 is 0 Å². The summed E-state index contributed by atoms with van der Waals surface area (Å²) in [5.41, 5.74) is 3.49. The predicted molar refractivity (Wildman–Crippen MR) is 74.4 cm³/mol. The predicted octanol–water partition coefficient (Wildman–Crippen LogP) is 3.03. The molecule has 0 unspecified atom stereocenters. The fraction of sp³-hybridized carbons (Fsp3) is 0.600. The second-order valence-corrected chi connectivity index (χ2v) is 5.31. The van der Waals surface area contributed by atoms with Crippen LogP contribution in [-0.4, -0.2) is 24.4 Å². The first-order valence-corrected chi connectivity index (χ1v) is 6.70. The van der Waals surface area contributed by atoms with E-state index in [1.165, 1.54) is 5.56 Å². The summed E-state index contributed by atoms with van der Waals surface area (Å²) in [5, 5.41) is 13.1. The number of hydrogen-bond donors (Lipinski definition) is 2. The van der Waals surface area contributed by atoms with Gasteiger partial charge in [-0.1, -0.05) is 6.07 Å². The topological polar surface area (TPSA) is 41.5 Å². The van der Waals surface area contributed by atoms with Crippen molar-refractivity contribution in [1.29, 1.82) is 0 Å². The Bertz CT molecular complexity index is 409. The molecule has 0 saturated heterocycles. The van der Waals surface area contributed by atoms with Crippen molar-refractivity contribution < 1.29 is 9.84 Å². The quantitative estimate of drug-likeness (QED) is 0.865. The molecule has 18 heavy (non-hydrogen) atoms. The number of aryl methyl sites for hydroxylation is 2. The number of hydrogen-bond acceptors (Lipinski definition) is 3. The van der Waals surface area contributed by atoms with Gasteiger partial charge in [-0.2, -0.15) is 0 Å². The summed E-state index contributed by atoms with van der Waals surface area (Å²) >= 11 is 0. The fourth-order valence-electron chi connectivity index (χ4n) is 2.77. The van der Waals surface area contributed by atoms with Crippen molar-refractivity contribution in [2.45, 2.75) is 51.7 Å². The molecular weight excluding hydrogens is 226 g/mol. The Hall–Kier alpha value is -1.22. The lowest BCUT2D eigenvalue weighted by atomic mass is 9.93. The van der Waals surface area contributed by atoms with E-state index in [0.717, 1.165) is 42.7 Å². The number of aliphatic hydroxyl groups is 1. The van der Waals surface area contributed by atoms with E-state index < -0.39 is 0 Å². The average Bonchev–Trinajstić information content (AvgIpc) is 2.32. The summed E-state index contributed by atoms with van der Waals surface area (Å²) in [6.07, 6.45) is 3.73. The second kappa shape index (κ2) is 5.61. The molecule has 1 saturated carbocycles. The largest absolute Gasteiger partial charge is 0.494 e. The van der Waals surface area contributed by atoms with Crippen molar-refractivity contribution in [2.24, 2.45) is 0 Å². The molecule has 0 spiro atoms. The maximum Gasteiger partial charge on any atom is 0.144 e. The SMILES string of the molecule is COc1c(C)cc(C)cc1NC1CCC(O)CC1. The maximum absolute atomic E-state index is 9.53. The Balaban J connectivity index is 2.13. The van der Waals surface area contributed by atoms with Gasteiger partial charge in [0.1, 0.15) is 5.75 Å². The number of nitrogens with one attached hydrogen (secondary N) is 1. The zero-order valence-electron chi connectivity index (χ0n) is 11.5. The van der Waals surface area contributed by atoms with Gasteiger partial charge in [0.25, 0.3) is 0 Å². The number of ether oxygens (including phenoxy) is 1. The first kappa shape index (κ1) is 13.2. The van der Waals surface area contributed by atoms with Gasteiger partial charge in [-0.05, 0) is 56.7 Å². The lowest BCUT2D eigenvalue weighted by molar-refractivity contribution is 0.126. The van der Waals surface area contributed by atoms with Crippen LogP contribution < -0.4 is 10.1 Å². The first-order valence-electron chi connectivity index (χ1n) is 6.70. The summed E-state index contributed by atoms with van der Waals surface area (Å²) in [4.78, 5) is 0. The van der Waals surface area contributed by atoms with E-state index in [4.69, 9.17) is 4.74 Å². The van der Waals surface area contributed by atoms with Crippen LogP contribution in [0.3, 0.4) is 0 Å². The van der Waals surface area contributed by atoms with Gasteiger partial charge in [0.15, 0.2) is 0 Å². The maximum atomic E-state index is 9.53. The molecule has 2 N–H and O–H groups in total. The third-order valence-electron chi connectivity index (χ3n) is 3.68. The monoisotopic (exact) mass is 249 g/mol. The van der Waals surface area contributed by atoms with Crippen LogP contribution in [0, 0.1) is 13.8 Å². The van der Waals surface area contributed by atoms with Crippen LogP contribution in [0.25, 0.3) is 0 Å². The molecule has 3 heteroatoms. The summed E-state index contributed by atoms with van der Waals surface area (Å²) in [6, 6.07) is 4.72. The lowest BCUT2D eigenvalue weighted by Crippen LogP contribution is -2.28. The van der Waals surface area contributed by atoms with Gasteiger partial charge < -0.3 is 15.2 Å². The zero-order valence-corrected chi connectivity index (χ0v) is 11.5. The number of aliphatic hydroxyl groups excluding tert-OH is 1. The molecule has 1 aromatic rings. The highest BCUT2D eigenvalue weighted by molar-refractivity contribution is 5.62. The molecule has 0 heterocycles. The number of anilines is 1. The van der Waals surface area contributed by atoms with E-state index >= 15 is 0 Å². The third-order valence-corrected chi connectivity index (χ3v) is 3.68. The van der Waals surface area contributed by atoms with Crippen molar-refractivity contribution in [2.75, 3.05) is 12.4 Å². The van der Waals surface area contributed by atoms with Crippen LogP contribution in [-0.2, 0) is 0 Å². The van der Waals surface area contributed by atoms with Gasteiger partial charge in [-0.25, -0.2) is 0 Å². The smallest absolute Gasteiger partial charge is 0.144 e. The van der Waals surface area contributed by atoms with Crippen LogP contribution in [0.1, 0.15) is 36.8 Å². The van der Waals surface area contributed by atoms with Crippen LogP contribution in [0.5, 0.6) is 5.75 Å². The standard InChI is InChI=1S/C15H23NO2/c1-10-8-11(2)15(18-3)14(9-10)16-12-4-6-13(17)7-5-12/h8-9,12-13,16-17H,4-7H2,1-3H3. The molecule has 0 atom stereocenters. The fourth-order valence-corrected chi connectivity index (χ4v) is 2.77. The van der Waals surface area contributed by atoms with Crippen molar-refractivity contribution in [1.82, 2.24) is 0 Å². The minimum atomic E-state index is -0.107. The molecule has 2 rings (SSSR count). The highest BCUT2D eigenvalue weighted by Crippen LogP contribution is 2.32. The van der Waals surface area contributed by atoms with Crippen molar-refractivity contribution in [3.63, 3.8) is 0 Å². The molecule has 1 aromatic carbocycles. The van der Waals surface area contributed by atoms with Gasteiger partial charge in [-0.15, -0.1) is 0 Å². The van der Waals surface area contributed by atoms with Crippen molar-refractivity contribution in [3.8, 4) is 5.75 Å². The van der Waals surface area contributed by atoms with E-state index in [1.54, 1.807) is 7.11 Å². The molecule has 0 radical (unpaired) electrons. The van der Waals surface area contributed by atoms with E-state index in [0.29, 0.717) is 6.04 Å². The van der Waals surface area contributed by atoms with Gasteiger partial charge in [-0.3, -0.25) is 0 Å². The molecule has 1 fully saturated rings. The molecule has 3 nitrogen and oxygen atoms in total. The third kappa shape index (κ3) is 2.96. The average molecular weight is 249 g/mol. The van der Waals surface area contributed by atoms with Gasteiger partial charge in [0.05, 0.1) is 18.9 Å². The van der Waals surface area contributed by atoms with Crippen LogP contribution in [0.15, 0.2) is 12.1 Å². The molecular formula is C15H23NO2. The minimum Gasteiger partial charge on any atom is -0.494 e. The summed E-state index contributed by atoms with van der Waals surface area (Å²) in [6.45, 7) is 4.17. The number of methoxy groups -OCH3 is 1. The van der Waals surface area contributed by atoms with Crippen molar-refractivity contribution >= 4 is 5.69 Å². The van der Waals surface area contributed by atoms with E-state index in [2.05, 4.69) is 31.3 Å². The van der Waals surface area contributed by atoms with E-state index in [-0.39, 0.29) is 6.10 Å². The Labute approximate surface area is 109 Å². The molecule has 1 aliphatic carbocycles. The summed E-state index contributed by atoms with van der Waals surface area (Å²) in [5.74, 6) is 0.937. The molecule has 0 bridgehead atoms. The Morgan fingerprint density at radius 2 is 1.83 bits per heavy atom. The zero-order chi connectivity index (χ0) is 13.1. The Morgan fingerprint density at radius 3 is 2.44 bits per heavy atom.